The van der Waals surface area contributed by atoms with Crippen molar-refractivity contribution in [2.75, 3.05) is 25.0 Å². The van der Waals surface area contributed by atoms with Gasteiger partial charge in [-0.05, 0) is 49.5 Å². The van der Waals surface area contributed by atoms with E-state index in [1.807, 2.05) is 6.07 Å². The fourth-order valence-electron chi connectivity index (χ4n) is 3.76. The fraction of sp³-hybridized carbons (Fsp3) is 0.333. The van der Waals surface area contributed by atoms with E-state index < -0.39 is 11.6 Å². The maximum absolute atomic E-state index is 14.7. The molecule has 2 aromatic heterocycles. The van der Waals surface area contributed by atoms with Gasteiger partial charge in [0.1, 0.15) is 11.6 Å². The number of fused-ring (bicyclic) bond motifs is 1. The Bertz CT molecular complexity index is 1070. The van der Waals surface area contributed by atoms with E-state index in [1.165, 1.54) is 45.6 Å². The van der Waals surface area contributed by atoms with E-state index in [1.54, 1.807) is 12.3 Å². The average Bonchev–Trinajstić information content (AvgIpc) is 3.19. The summed E-state index contributed by atoms with van der Waals surface area (Å²) in [5.74, 6) is -1.94. The van der Waals surface area contributed by atoms with Crippen LogP contribution in [0.3, 0.4) is 0 Å². The standard InChI is InChI=1S/C21H25BFN5O2/c1-14(12-27-5-3-2-4-6-27)26-20-9-15-7-18(19(23)8-16(15)10-24-20)17-11-25-28(13-17)21(22,29)30/h7-11,13,29-30H,1-6,12,22H2,(H,24,26). The Labute approximate surface area is 175 Å². The number of aliphatic hydroxyl groups is 2. The number of benzene rings is 1. The van der Waals surface area contributed by atoms with Crippen molar-refractivity contribution in [1.82, 2.24) is 19.7 Å². The number of halogens is 1. The molecule has 0 atom stereocenters. The predicted molar refractivity (Wildman–Crippen MR) is 117 cm³/mol. The van der Waals surface area contributed by atoms with Crippen LogP contribution < -0.4 is 5.32 Å². The number of anilines is 1. The summed E-state index contributed by atoms with van der Waals surface area (Å²) in [6, 6.07) is 4.98. The summed E-state index contributed by atoms with van der Waals surface area (Å²) in [4.78, 5) is 6.76. The summed E-state index contributed by atoms with van der Waals surface area (Å²) in [5.41, 5.74) is 1.64. The Morgan fingerprint density at radius 2 is 1.93 bits per heavy atom. The van der Waals surface area contributed by atoms with Gasteiger partial charge in [-0.15, -0.1) is 0 Å². The summed E-state index contributed by atoms with van der Waals surface area (Å²) >= 11 is 0. The van der Waals surface area contributed by atoms with Crippen LogP contribution in [0.15, 0.2) is 49.1 Å². The van der Waals surface area contributed by atoms with Crippen LogP contribution in [0.4, 0.5) is 10.2 Å². The number of piperidine rings is 1. The van der Waals surface area contributed by atoms with Gasteiger partial charge < -0.3 is 15.5 Å². The molecule has 0 unspecified atom stereocenters. The molecule has 3 aromatic rings. The normalized spacial score (nSPS) is 15.4. The number of pyridine rings is 1. The molecule has 156 valence electrons. The van der Waals surface area contributed by atoms with Crippen molar-refractivity contribution < 1.29 is 14.6 Å². The van der Waals surface area contributed by atoms with E-state index in [0.717, 1.165) is 35.4 Å². The summed E-state index contributed by atoms with van der Waals surface area (Å²) in [6.45, 7) is 7.06. The molecule has 1 saturated heterocycles. The van der Waals surface area contributed by atoms with E-state index in [-0.39, 0.29) is 0 Å². The zero-order chi connectivity index (χ0) is 21.3. The molecule has 1 aromatic carbocycles. The Morgan fingerprint density at radius 1 is 1.17 bits per heavy atom. The number of aromatic nitrogens is 3. The first-order chi connectivity index (χ1) is 14.3. The molecule has 30 heavy (non-hydrogen) atoms. The third kappa shape index (κ3) is 4.53. The highest BCUT2D eigenvalue weighted by Gasteiger charge is 2.20. The molecule has 1 fully saturated rings. The van der Waals surface area contributed by atoms with Crippen molar-refractivity contribution in [3.05, 3.63) is 54.9 Å². The van der Waals surface area contributed by atoms with E-state index in [0.29, 0.717) is 22.3 Å². The van der Waals surface area contributed by atoms with Gasteiger partial charge in [-0.1, -0.05) is 13.0 Å². The van der Waals surface area contributed by atoms with Gasteiger partial charge in [-0.3, -0.25) is 4.90 Å². The fourth-order valence-corrected chi connectivity index (χ4v) is 3.76. The quantitative estimate of drug-likeness (QED) is 0.426. The van der Waals surface area contributed by atoms with Gasteiger partial charge >= 0.3 is 0 Å². The van der Waals surface area contributed by atoms with Crippen LogP contribution in [0.1, 0.15) is 19.3 Å². The zero-order valence-corrected chi connectivity index (χ0v) is 17.0. The van der Waals surface area contributed by atoms with E-state index in [2.05, 4.69) is 26.9 Å². The molecule has 3 N–H and O–H groups in total. The van der Waals surface area contributed by atoms with Gasteiger partial charge in [0.15, 0.2) is 0 Å². The molecule has 4 rings (SSSR count). The molecular weight excluding hydrogens is 384 g/mol. The Balaban J connectivity index is 1.56. The third-order valence-electron chi connectivity index (χ3n) is 5.30. The molecule has 0 aliphatic carbocycles. The Hall–Kier alpha value is -2.75. The number of likely N-dealkylation sites (tertiary alicyclic amines) is 1. The molecule has 3 heterocycles. The smallest absolute Gasteiger partial charge is 0.215 e. The van der Waals surface area contributed by atoms with Crippen molar-refractivity contribution >= 4 is 24.4 Å². The van der Waals surface area contributed by atoms with Gasteiger partial charge in [0.25, 0.3) is 0 Å². The van der Waals surface area contributed by atoms with Crippen LogP contribution in [0.5, 0.6) is 0 Å². The van der Waals surface area contributed by atoms with E-state index >= 15 is 0 Å². The number of nitrogens with zero attached hydrogens (tertiary/aromatic N) is 4. The minimum Gasteiger partial charge on any atom is -0.356 e. The van der Waals surface area contributed by atoms with Crippen molar-refractivity contribution in [3.63, 3.8) is 0 Å². The second-order valence-corrected chi connectivity index (χ2v) is 7.96. The second kappa shape index (κ2) is 8.18. The minimum absolute atomic E-state index is 0.322. The van der Waals surface area contributed by atoms with Crippen molar-refractivity contribution in [1.29, 1.82) is 0 Å². The number of hydrogen-bond donors (Lipinski definition) is 3. The second-order valence-electron chi connectivity index (χ2n) is 7.96. The highest BCUT2D eigenvalue weighted by Crippen LogP contribution is 2.29. The molecule has 0 amide bonds. The lowest BCUT2D eigenvalue weighted by atomic mass is 10.0. The average molecular weight is 409 g/mol. The lowest BCUT2D eigenvalue weighted by Gasteiger charge is -2.27. The summed E-state index contributed by atoms with van der Waals surface area (Å²) < 4.78 is 15.6. The maximum Gasteiger partial charge on any atom is 0.215 e. The first kappa shape index (κ1) is 20.5. The monoisotopic (exact) mass is 409 g/mol. The van der Waals surface area contributed by atoms with Crippen LogP contribution in [-0.2, 0) is 5.81 Å². The highest BCUT2D eigenvalue weighted by molar-refractivity contribution is 6.11. The van der Waals surface area contributed by atoms with Gasteiger partial charge in [0, 0.05) is 41.1 Å². The molecule has 0 bridgehead atoms. The van der Waals surface area contributed by atoms with Crippen LogP contribution in [-0.4, -0.2) is 57.4 Å². The van der Waals surface area contributed by atoms with Crippen LogP contribution in [0.25, 0.3) is 21.9 Å². The van der Waals surface area contributed by atoms with E-state index in [9.17, 15) is 14.6 Å². The largest absolute Gasteiger partial charge is 0.356 e. The Kier molecular flexibility index (Phi) is 5.59. The molecule has 7 nitrogen and oxygen atoms in total. The predicted octanol–water partition coefficient (Wildman–Crippen LogP) is 1.83. The lowest BCUT2D eigenvalue weighted by molar-refractivity contribution is -0.160. The van der Waals surface area contributed by atoms with Gasteiger partial charge in [-0.25, -0.2) is 14.1 Å². The summed E-state index contributed by atoms with van der Waals surface area (Å²) in [7, 11) is 1.18. The van der Waals surface area contributed by atoms with Crippen LogP contribution >= 0.6 is 0 Å². The molecule has 0 spiro atoms. The molecular formula is C21H25BFN5O2. The highest BCUT2D eigenvalue weighted by atomic mass is 19.1. The van der Waals surface area contributed by atoms with Crippen molar-refractivity contribution in [3.8, 4) is 11.1 Å². The molecule has 0 saturated carbocycles. The lowest BCUT2D eigenvalue weighted by Crippen LogP contribution is -2.33. The van der Waals surface area contributed by atoms with Crippen LogP contribution in [0, 0.1) is 5.82 Å². The van der Waals surface area contributed by atoms with E-state index in [4.69, 9.17) is 0 Å². The van der Waals surface area contributed by atoms with Gasteiger partial charge in [0.2, 0.25) is 13.7 Å². The molecule has 1 aliphatic heterocycles. The number of hydrogen-bond acceptors (Lipinski definition) is 6. The van der Waals surface area contributed by atoms with Crippen LogP contribution in [0.2, 0.25) is 0 Å². The topological polar surface area (TPSA) is 86.4 Å². The molecule has 0 radical (unpaired) electrons. The first-order valence-corrected chi connectivity index (χ1v) is 10.1. The Morgan fingerprint density at radius 3 is 2.63 bits per heavy atom. The maximum atomic E-state index is 14.7. The molecule has 1 aliphatic rings. The van der Waals surface area contributed by atoms with Crippen molar-refractivity contribution in [2.24, 2.45) is 0 Å². The minimum atomic E-state index is -2.15. The first-order valence-electron chi connectivity index (χ1n) is 10.1. The number of rotatable bonds is 6. The SMILES string of the molecule is BC(O)(O)n1cc(-c2cc3cc(NC(=C)CN4CCCCC4)ncc3cc2F)cn1. The third-order valence-corrected chi connectivity index (χ3v) is 5.30. The van der Waals surface area contributed by atoms with Gasteiger partial charge in [0.05, 0.1) is 6.20 Å². The zero-order valence-electron chi connectivity index (χ0n) is 17.0. The summed E-state index contributed by atoms with van der Waals surface area (Å²) in [6.07, 6.45) is 8.15. The summed E-state index contributed by atoms with van der Waals surface area (Å²) in [5, 5.41) is 28.0. The van der Waals surface area contributed by atoms with Crippen molar-refractivity contribution in [2.45, 2.75) is 25.1 Å². The van der Waals surface area contributed by atoms with Gasteiger partial charge in [-0.2, -0.15) is 5.10 Å². The number of nitrogens with one attached hydrogen (secondary N) is 1. The molecule has 9 heteroatoms.